The molecule has 0 amide bonds. The van der Waals surface area contributed by atoms with Crippen molar-refractivity contribution in [1.82, 2.24) is 0 Å². The lowest BCUT2D eigenvalue weighted by Gasteiger charge is -2.33. The van der Waals surface area contributed by atoms with Crippen LogP contribution >= 0.6 is 0 Å². The molecule has 2 heteroatoms. The van der Waals surface area contributed by atoms with Crippen molar-refractivity contribution in [1.29, 1.82) is 0 Å². The van der Waals surface area contributed by atoms with E-state index in [0.717, 1.165) is 45.3 Å². The predicted molar refractivity (Wildman–Crippen MR) is 293 cm³/mol. The van der Waals surface area contributed by atoms with Gasteiger partial charge in [-0.25, -0.2) is 0 Å². The van der Waals surface area contributed by atoms with Gasteiger partial charge in [0.1, 0.15) is 0 Å². The maximum absolute atomic E-state index is 2.53. The molecule has 0 fully saturated rings. The number of anilines is 6. The highest BCUT2D eigenvalue weighted by Gasteiger charge is 2.36. The second kappa shape index (κ2) is 17.5. The highest BCUT2D eigenvalue weighted by Crippen LogP contribution is 2.53. The fourth-order valence-electron chi connectivity index (χ4n) is 10.8. The summed E-state index contributed by atoms with van der Waals surface area (Å²) in [5.41, 5.74) is 20.8. The number of nitrogens with zero attached hydrogens (tertiary/aromatic N) is 2. The number of fused-ring (bicyclic) bond motifs is 4. The van der Waals surface area contributed by atoms with Crippen LogP contribution in [0.15, 0.2) is 267 Å². The lowest BCUT2D eigenvalue weighted by atomic mass is 9.82. The van der Waals surface area contributed by atoms with E-state index in [2.05, 4.69) is 291 Å². The van der Waals surface area contributed by atoms with Gasteiger partial charge >= 0.3 is 0 Å². The van der Waals surface area contributed by atoms with Gasteiger partial charge in [0, 0.05) is 39.4 Å². The molecule has 328 valence electrons. The zero-order valence-corrected chi connectivity index (χ0v) is 38.8. The van der Waals surface area contributed by atoms with Gasteiger partial charge < -0.3 is 9.80 Å². The zero-order valence-electron chi connectivity index (χ0n) is 38.8. The first kappa shape index (κ1) is 41.7. The fraction of sp³-hybridized carbons (Fsp3) is 0.0448. The summed E-state index contributed by atoms with van der Waals surface area (Å²) in [5, 5.41) is 2.40. The van der Waals surface area contributed by atoms with Crippen molar-refractivity contribution >= 4 is 44.9 Å². The molecule has 1 aliphatic carbocycles. The van der Waals surface area contributed by atoms with E-state index < -0.39 is 0 Å². The average molecular weight is 883 g/mol. The van der Waals surface area contributed by atoms with E-state index in [1.165, 1.54) is 66.4 Å². The average Bonchev–Trinajstić information content (AvgIpc) is 3.64. The molecule has 0 aromatic heterocycles. The first-order chi connectivity index (χ1) is 34.0. The molecule has 11 aromatic rings. The van der Waals surface area contributed by atoms with Crippen molar-refractivity contribution in [2.45, 2.75) is 19.3 Å². The molecule has 0 saturated heterocycles. The Balaban J connectivity index is 1.21. The summed E-state index contributed by atoms with van der Waals surface area (Å²) in [6.07, 6.45) is 0. The summed E-state index contributed by atoms with van der Waals surface area (Å²) in [4.78, 5) is 4.93. The van der Waals surface area contributed by atoms with E-state index in [-0.39, 0.29) is 5.41 Å². The first-order valence-electron chi connectivity index (χ1n) is 23.9. The second-order valence-corrected chi connectivity index (χ2v) is 18.5. The lowest BCUT2D eigenvalue weighted by Crippen LogP contribution is -2.17. The SMILES string of the molecule is CC1(C)c2ccccc2-c2ccc(N(c3cc(-c4c(-c5ccccc5)cccc4-c4ccccc4)cc(N(c4ccccc4)c4ccccc4)c3)c3ccc4ccccc4c3-c3ccccc3)cc21. The second-order valence-electron chi connectivity index (χ2n) is 18.5. The number of hydrogen-bond donors (Lipinski definition) is 0. The minimum absolute atomic E-state index is 0.205. The van der Waals surface area contributed by atoms with Crippen LogP contribution in [0.2, 0.25) is 0 Å². The van der Waals surface area contributed by atoms with E-state index in [1.54, 1.807) is 0 Å². The molecule has 2 nitrogen and oxygen atoms in total. The van der Waals surface area contributed by atoms with Crippen molar-refractivity contribution < 1.29 is 0 Å². The molecule has 0 saturated carbocycles. The van der Waals surface area contributed by atoms with Gasteiger partial charge in [-0.05, 0) is 133 Å². The largest absolute Gasteiger partial charge is 0.310 e. The minimum Gasteiger partial charge on any atom is -0.310 e. The summed E-state index contributed by atoms with van der Waals surface area (Å²) in [6.45, 7) is 4.75. The van der Waals surface area contributed by atoms with E-state index >= 15 is 0 Å². The Morgan fingerprint density at radius 2 is 0.768 bits per heavy atom. The number of hydrogen-bond acceptors (Lipinski definition) is 2. The van der Waals surface area contributed by atoms with Gasteiger partial charge in [0.25, 0.3) is 0 Å². The highest BCUT2D eigenvalue weighted by atomic mass is 15.2. The molecule has 0 heterocycles. The van der Waals surface area contributed by atoms with Crippen LogP contribution in [0.3, 0.4) is 0 Å². The molecule has 0 atom stereocenters. The van der Waals surface area contributed by atoms with Crippen molar-refractivity contribution in [3.8, 4) is 55.6 Å². The molecule has 0 aliphatic heterocycles. The zero-order chi connectivity index (χ0) is 46.3. The third-order valence-corrected chi connectivity index (χ3v) is 14.0. The maximum atomic E-state index is 2.53. The third-order valence-electron chi connectivity index (χ3n) is 14.0. The quantitative estimate of drug-likeness (QED) is 0.135. The van der Waals surface area contributed by atoms with Gasteiger partial charge in [-0.2, -0.15) is 0 Å². The molecule has 0 N–H and O–H groups in total. The lowest BCUT2D eigenvalue weighted by molar-refractivity contribution is 0.660. The normalized spacial score (nSPS) is 12.3. The van der Waals surface area contributed by atoms with Crippen LogP contribution in [0.1, 0.15) is 25.0 Å². The summed E-state index contributed by atoms with van der Waals surface area (Å²) < 4.78 is 0. The molecule has 0 bridgehead atoms. The molecule has 0 radical (unpaired) electrons. The van der Waals surface area contributed by atoms with Gasteiger partial charge in [-0.3, -0.25) is 0 Å². The first-order valence-corrected chi connectivity index (χ1v) is 23.9. The van der Waals surface area contributed by atoms with Crippen LogP contribution in [0, 0.1) is 0 Å². The van der Waals surface area contributed by atoms with Crippen molar-refractivity contribution in [3.05, 3.63) is 278 Å². The number of rotatable bonds is 10. The molecule has 0 spiro atoms. The van der Waals surface area contributed by atoms with Crippen molar-refractivity contribution in [2.24, 2.45) is 0 Å². The Labute approximate surface area is 405 Å². The summed E-state index contributed by atoms with van der Waals surface area (Å²) in [6, 6.07) is 97.7. The molecule has 1 aliphatic rings. The highest BCUT2D eigenvalue weighted by molar-refractivity contribution is 6.06. The standard InChI is InChI=1S/C67H50N2/c1-67(2)62-38-21-20-35-60(62)61-41-40-54(46-63(61)67)69(64-42-39-49-27-18-19-34-59(49)66(64)50-28-12-5-13-29-50)56-44-51(43-55(45-56)68(52-30-14-6-15-31-52)53-32-16-7-17-33-53)65-57(47-23-8-3-9-24-47)36-22-37-58(65)48-25-10-4-11-26-48/h3-46H,1-2H3. The Kier molecular flexibility index (Phi) is 10.6. The van der Waals surface area contributed by atoms with E-state index in [0.29, 0.717) is 0 Å². The summed E-state index contributed by atoms with van der Waals surface area (Å²) in [7, 11) is 0. The van der Waals surface area contributed by atoms with Crippen LogP contribution in [0.4, 0.5) is 34.1 Å². The summed E-state index contributed by atoms with van der Waals surface area (Å²) >= 11 is 0. The van der Waals surface area contributed by atoms with Crippen LogP contribution in [-0.4, -0.2) is 0 Å². The topological polar surface area (TPSA) is 6.48 Å². The van der Waals surface area contributed by atoms with E-state index in [9.17, 15) is 0 Å². The van der Waals surface area contributed by atoms with Crippen LogP contribution < -0.4 is 9.80 Å². The van der Waals surface area contributed by atoms with E-state index in [1.807, 2.05) is 0 Å². The van der Waals surface area contributed by atoms with E-state index in [4.69, 9.17) is 0 Å². The van der Waals surface area contributed by atoms with Gasteiger partial charge in [0.2, 0.25) is 0 Å². The molecule has 11 aromatic carbocycles. The van der Waals surface area contributed by atoms with Gasteiger partial charge in [-0.15, -0.1) is 0 Å². The van der Waals surface area contributed by atoms with Crippen molar-refractivity contribution in [3.63, 3.8) is 0 Å². The number of benzene rings is 11. The van der Waals surface area contributed by atoms with Gasteiger partial charge in [0.05, 0.1) is 5.69 Å². The van der Waals surface area contributed by atoms with Gasteiger partial charge in [-0.1, -0.05) is 220 Å². The van der Waals surface area contributed by atoms with Crippen LogP contribution in [0.25, 0.3) is 66.4 Å². The Morgan fingerprint density at radius 1 is 0.275 bits per heavy atom. The van der Waals surface area contributed by atoms with Gasteiger partial charge in [0.15, 0.2) is 0 Å². The predicted octanol–water partition coefficient (Wildman–Crippen LogP) is 18.8. The van der Waals surface area contributed by atoms with Crippen LogP contribution in [-0.2, 0) is 5.41 Å². The Hall–Kier alpha value is -8.72. The van der Waals surface area contributed by atoms with Crippen LogP contribution in [0.5, 0.6) is 0 Å². The monoisotopic (exact) mass is 882 g/mol. The minimum atomic E-state index is -0.205. The molecular weight excluding hydrogens is 833 g/mol. The molecule has 12 rings (SSSR count). The Morgan fingerprint density at radius 3 is 1.39 bits per heavy atom. The van der Waals surface area contributed by atoms with Crippen molar-refractivity contribution in [2.75, 3.05) is 9.80 Å². The third kappa shape index (κ3) is 7.48. The fourth-order valence-corrected chi connectivity index (χ4v) is 10.8. The molecule has 0 unspecified atom stereocenters. The summed E-state index contributed by atoms with van der Waals surface area (Å²) in [5.74, 6) is 0. The molecule has 69 heavy (non-hydrogen) atoms. The number of para-hydroxylation sites is 2. The maximum Gasteiger partial charge on any atom is 0.0546 e. The molecular formula is C67H50N2. The Bertz CT molecular complexity index is 3520. The smallest absolute Gasteiger partial charge is 0.0546 e.